The van der Waals surface area contributed by atoms with E-state index in [0.29, 0.717) is 0 Å². The van der Waals surface area contributed by atoms with Gasteiger partial charge in [-0.05, 0) is 36.8 Å². The summed E-state index contributed by atoms with van der Waals surface area (Å²) < 4.78 is 0. The largest absolute Gasteiger partial charge is 0.396 e. The van der Waals surface area contributed by atoms with Gasteiger partial charge in [0.25, 0.3) is 0 Å². The third-order valence-electron chi connectivity index (χ3n) is 5.14. The number of fused-ring (bicyclic) bond motifs is 3. The SMILES string of the molecule is OC[C@]12CC=CC[C@@]1(CO)c1ccccc1CC2. The molecule has 0 aliphatic heterocycles. The zero-order chi connectivity index (χ0) is 12.6. The molecule has 0 aromatic heterocycles. The fourth-order valence-corrected chi connectivity index (χ4v) is 3.93. The third-order valence-corrected chi connectivity index (χ3v) is 5.14. The molecule has 0 saturated heterocycles. The molecule has 3 rings (SSSR count). The highest BCUT2D eigenvalue weighted by molar-refractivity contribution is 5.42. The van der Waals surface area contributed by atoms with Crippen LogP contribution in [0.5, 0.6) is 0 Å². The van der Waals surface area contributed by atoms with E-state index in [1.165, 1.54) is 11.1 Å². The van der Waals surface area contributed by atoms with Gasteiger partial charge in [-0.3, -0.25) is 0 Å². The maximum absolute atomic E-state index is 10.1. The number of hydrogen-bond donors (Lipinski definition) is 2. The Balaban J connectivity index is 2.22. The number of hydrogen-bond acceptors (Lipinski definition) is 2. The van der Waals surface area contributed by atoms with Gasteiger partial charge < -0.3 is 10.2 Å². The summed E-state index contributed by atoms with van der Waals surface area (Å²) in [6, 6.07) is 8.40. The van der Waals surface area contributed by atoms with Crippen molar-refractivity contribution in [2.45, 2.75) is 31.1 Å². The summed E-state index contributed by atoms with van der Waals surface area (Å²) in [5, 5.41) is 20.0. The van der Waals surface area contributed by atoms with Gasteiger partial charge in [0.1, 0.15) is 0 Å². The highest BCUT2D eigenvalue weighted by atomic mass is 16.3. The van der Waals surface area contributed by atoms with E-state index >= 15 is 0 Å². The smallest absolute Gasteiger partial charge is 0.0537 e. The summed E-state index contributed by atoms with van der Waals surface area (Å²) in [5.74, 6) is 0. The first-order valence-electron chi connectivity index (χ1n) is 6.73. The van der Waals surface area contributed by atoms with Crippen LogP contribution in [0, 0.1) is 5.41 Å². The second kappa shape index (κ2) is 4.22. The second-order valence-electron chi connectivity index (χ2n) is 5.72. The van der Waals surface area contributed by atoms with Crippen LogP contribution in [-0.2, 0) is 11.8 Å². The highest BCUT2D eigenvalue weighted by Gasteiger charge is 2.54. The topological polar surface area (TPSA) is 40.5 Å². The van der Waals surface area contributed by atoms with Gasteiger partial charge in [0.05, 0.1) is 6.61 Å². The molecule has 0 fully saturated rings. The van der Waals surface area contributed by atoms with E-state index in [-0.39, 0.29) is 24.0 Å². The Morgan fingerprint density at radius 2 is 1.78 bits per heavy atom. The van der Waals surface area contributed by atoms with Crippen molar-refractivity contribution in [2.24, 2.45) is 5.41 Å². The maximum Gasteiger partial charge on any atom is 0.0537 e. The van der Waals surface area contributed by atoms with Crippen LogP contribution in [0.3, 0.4) is 0 Å². The Bertz CT molecular complexity index is 480. The van der Waals surface area contributed by atoms with Crippen LogP contribution in [0.15, 0.2) is 36.4 Å². The highest BCUT2D eigenvalue weighted by Crippen LogP contribution is 2.55. The second-order valence-corrected chi connectivity index (χ2v) is 5.72. The van der Waals surface area contributed by atoms with Gasteiger partial charge in [0, 0.05) is 17.4 Å². The van der Waals surface area contributed by atoms with Crippen LogP contribution in [0.4, 0.5) is 0 Å². The maximum atomic E-state index is 10.1. The van der Waals surface area contributed by atoms with E-state index in [2.05, 4.69) is 30.4 Å². The Labute approximate surface area is 108 Å². The van der Waals surface area contributed by atoms with Gasteiger partial charge >= 0.3 is 0 Å². The van der Waals surface area contributed by atoms with Gasteiger partial charge in [-0.2, -0.15) is 0 Å². The summed E-state index contributed by atoms with van der Waals surface area (Å²) in [6.07, 6.45) is 8.00. The predicted octanol–water partition coefficient (Wildman–Crippen LogP) is 2.19. The van der Waals surface area contributed by atoms with Crippen molar-refractivity contribution >= 4 is 0 Å². The number of benzene rings is 1. The van der Waals surface area contributed by atoms with Crippen LogP contribution < -0.4 is 0 Å². The molecule has 2 heteroatoms. The summed E-state index contributed by atoms with van der Waals surface area (Å²) >= 11 is 0. The zero-order valence-corrected chi connectivity index (χ0v) is 10.6. The molecule has 2 aliphatic rings. The zero-order valence-electron chi connectivity index (χ0n) is 10.6. The summed E-state index contributed by atoms with van der Waals surface area (Å²) in [6.45, 7) is 0.279. The van der Waals surface area contributed by atoms with Gasteiger partial charge in [-0.15, -0.1) is 0 Å². The van der Waals surface area contributed by atoms with Crippen molar-refractivity contribution in [3.63, 3.8) is 0 Å². The van der Waals surface area contributed by atoms with E-state index in [1.54, 1.807) is 0 Å². The Morgan fingerprint density at radius 1 is 1.00 bits per heavy atom. The van der Waals surface area contributed by atoms with Gasteiger partial charge in [-0.1, -0.05) is 36.4 Å². The minimum absolute atomic E-state index is 0.120. The number of allylic oxidation sites excluding steroid dienone is 2. The van der Waals surface area contributed by atoms with Crippen molar-refractivity contribution in [1.82, 2.24) is 0 Å². The van der Waals surface area contributed by atoms with Crippen molar-refractivity contribution in [3.8, 4) is 0 Å². The Morgan fingerprint density at radius 3 is 2.56 bits per heavy atom. The first kappa shape index (κ1) is 11.9. The molecule has 0 bridgehead atoms. The predicted molar refractivity (Wildman–Crippen MR) is 71.4 cm³/mol. The molecule has 0 unspecified atom stereocenters. The fourth-order valence-electron chi connectivity index (χ4n) is 3.93. The molecule has 2 nitrogen and oxygen atoms in total. The molecule has 1 aromatic rings. The molecule has 0 radical (unpaired) electrons. The lowest BCUT2D eigenvalue weighted by Crippen LogP contribution is -2.54. The molecular formula is C16H20O2. The minimum Gasteiger partial charge on any atom is -0.396 e. The summed E-state index contributed by atoms with van der Waals surface area (Å²) in [5.41, 5.74) is 2.12. The lowest BCUT2D eigenvalue weighted by molar-refractivity contribution is -0.0184. The quantitative estimate of drug-likeness (QED) is 0.783. The van der Waals surface area contributed by atoms with Gasteiger partial charge in [0.2, 0.25) is 0 Å². The van der Waals surface area contributed by atoms with Crippen molar-refractivity contribution < 1.29 is 10.2 Å². The first-order valence-corrected chi connectivity index (χ1v) is 6.73. The molecule has 0 heterocycles. The average Bonchev–Trinajstić information content (AvgIpc) is 2.46. The number of rotatable bonds is 2. The normalized spacial score (nSPS) is 33.9. The monoisotopic (exact) mass is 244 g/mol. The molecule has 1 aromatic carbocycles. The molecule has 2 aliphatic carbocycles. The first-order chi connectivity index (χ1) is 8.78. The van der Waals surface area contributed by atoms with Crippen LogP contribution >= 0.6 is 0 Å². The Hall–Kier alpha value is -1.12. The lowest BCUT2D eigenvalue weighted by Gasteiger charge is -2.54. The standard InChI is InChI=1S/C16H20O2/c17-11-15-8-3-4-9-16(15,12-18)14-6-2-1-5-13(14)7-10-15/h1-6,17-18H,7-12H2/t15-,16-/m1/s1. The van der Waals surface area contributed by atoms with Crippen LogP contribution in [-0.4, -0.2) is 23.4 Å². The molecule has 96 valence electrons. The number of aliphatic hydroxyl groups excluding tert-OH is 2. The minimum atomic E-state index is -0.286. The van der Waals surface area contributed by atoms with Crippen LogP contribution in [0.25, 0.3) is 0 Å². The number of aryl methyl sites for hydroxylation is 1. The molecular weight excluding hydrogens is 224 g/mol. The van der Waals surface area contributed by atoms with E-state index in [4.69, 9.17) is 0 Å². The molecule has 0 saturated carbocycles. The van der Waals surface area contributed by atoms with Crippen molar-refractivity contribution in [3.05, 3.63) is 47.5 Å². The van der Waals surface area contributed by atoms with Crippen LogP contribution in [0.2, 0.25) is 0 Å². The molecule has 18 heavy (non-hydrogen) atoms. The number of aliphatic hydroxyl groups is 2. The van der Waals surface area contributed by atoms with Crippen molar-refractivity contribution in [1.29, 1.82) is 0 Å². The fraction of sp³-hybridized carbons (Fsp3) is 0.500. The lowest BCUT2D eigenvalue weighted by atomic mass is 9.50. The van der Waals surface area contributed by atoms with Gasteiger partial charge in [0.15, 0.2) is 0 Å². The van der Waals surface area contributed by atoms with E-state index in [0.717, 1.165) is 25.7 Å². The van der Waals surface area contributed by atoms with Crippen molar-refractivity contribution in [2.75, 3.05) is 13.2 Å². The molecule has 0 spiro atoms. The van der Waals surface area contributed by atoms with Crippen LogP contribution in [0.1, 0.15) is 30.4 Å². The molecule has 2 N–H and O–H groups in total. The summed E-state index contributed by atoms with van der Waals surface area (Å²) in [7, 11) is 0. The average molecular weight is 244 g/mol. The summed E-state index contributed by atoms with van der Waals surface area (Å²) in [4.78, 5) is 0. The molecule has 2 atom stereocenters. The van der Waals surface area contributed by atoms with E-state index < -0.39 is 0 Å². The third kappa shape index (κ3) is 1.36. The Kier molecular flexibility index (Phi) is 2.80. The molecule has 0 amide bonds. The van der Waals surface area contributed by atoms with E-state index in [9.17, 15) is 10.2 Å². The van der Waals surface area contributed by atoms with E-state index in [1.807, 2.05) is 6.07 Å². The van der Waals surface area contributed by atoms with Gasteiger partial charge in [-0.25, -0.2) is 0 Å².